The summed E-state index contributed by atoms with van der Waals surface area (Å²) in [6.07, 6.45) is 1.63. The Morgan fingerprint density at radius 2 is 2.00 bits per heavy atom. The van der Waals surface area contributed by atoms with Crippen molar-refractivity contribution < 1.29 is 28.6 Å². The summed E-state index contributed by atoms with van der Waals surface area (Å²) < 4.78 is 17.6. The van der Waals surface area contributed by atoms with Crippen molar-refractivity contribution in [1.82, 2.24) is 4.98 Å². The summed E-state index contributed by atoms with van der Waals surface area (Å²) in [5, 5.41) is 12.6. The van der Waals surface area contributed by atoms with Gasteiger partial charge in [-0.2, -0.15) is 0 Å². The van der Waals surface area contributed by atoms with Crippen molar-refractivity contribution in [3.63, 3.8) is 0 Å². The molecule has 1 aliphatic heterocycles. The SMILES string of the molecule is C=CCOc1ccc(C2C(C(=O)c3cc4cccc(OC)c4o3)=C(O)C(=O)N2c2nc3ccc(Cl)cc3s2)cc1. The van der Waals surface area contributed by atoms with Gasteiger partial charge >= 0.3 is 0 Å². The molecular formula is C30H21ClN2O6S. The van der Waals surface area contributed by atoms with Gasteiger partial charge in [0, 0.05) is 10.4 Å². The Balaban J connectivity index is 1.48. The second kappa shape index (κ2) is 10.2. The fourth-order valence-corrected chi connectivity index (χ4v) is 5.95. The van der Waals surface area contributed by atoms with Crippen molar-refractivity contribution in [1.29, 1.82) is 0 Å². The van der Waals surface area contributed by atoms with E-state index in [9.17, 15) is 14.7 Å². The Hall–Kier alpha value is -4.60. The van der Waals surface area contributed by atoms with Crippen LogP contribution in [0.25, 0.3) is 21.2 Å². The highest BCUT2D eigenvalue weighted by molar-refractivity contribution is 7.22. The number of ketones is 1. The molecule has 1 unspecified atom stereocenters. The number of fused-ring (bicyclic) bond motifs is 2. The van der Waals surface area contributed by atoms with Crippen LogP contribution in [-0.2, 0) is 4.79 Å². The lowest BCUT2D eigenvalue weighted by atomic mass is 9.95. The Morgan fingerprint density at radius 1 is 1.20 bits per heavy atom. The molecule has 10 heteroatoms. The van der Waals surface area contributed by atoms with Crippen LogP contribution in [0.3, 0.4) is 0 Å². The highest BCUT2D eigenvalue weighted by atomic mass is 35.5. The first kappa shape index (κ1) is 25.7. The number of anilines is 1. The van der Waals surface area contributed by atoms with Gasteiger partial charge in [0.2, 0.25) is 5.78 Å². The fourth-order valence-electron chi connectivity index (χ4n) is 4.68. The predicted octanol–water partition coefficient (Wildman–Crippen LogP) is 7.05. The molecule has 1 amide bonds. The van der Waals surface area contributed by atoms with Gasteiger partial charge in [0.1, 0.15) is 12.4 Å². The number of hydrogen-bond acceptors (Lipinski definition) is 8. The van der Waals surface area contributed by atoms with Crippen molar-refractivity contribution in [2.24, 2.45) is 0 Å². The number of benzene rings is 3. The normalized spacial score (nSPS) is 15.3. The summed E-state index contributed by atoms with van der Waals surface area (Å²) >= 11 is 7.40. The smallest absolute Gasteiger partial charge is 0.296 e. The van der Waals surface area contributed by atoms with E-state index in [-0.39, 0.29) is 11.3 Å². The molecular weight excluding hydrogens is 552 g/mol. The largest absolute Gasteiger partial charge is 0.503 e. The number of rotatable bonds is 8. The van der Waals surface area contributed by atoms with E-state index in [1.165, 1.54) is 23.3 Å². The molecule has 3 aromatic carbocycles. The van der Waals surface area contributed by atoms with Crippen molar-refractivity contribution >= 4 is 60.9 Å². The second-order valence-corrected chi connectivity index (χ2v) is 10.4. The molecule has 8 nitrogen and oxygen atoms in total. The van der Waals surface area contributed by atoms with Crippen LogP contribution in [0.4, 0.5) is 5.13 Å². The van der Waals surface area contributed by atoms with Gasteiger partial charge in [0.15, 0.2) is 28.0 Å². The Kier molecular flexibility index (Phi) is 6.53. The Morgan fingerprint density at radius 3 is 2.75 bits per heavy atom. The molecule has 0 aliphatic carbocycles. The molecule has 40 heavy (non-hydrogen) atoms. The number of aliphatic hydroxyl groups is 1. The molecule has 1 atom stereocenters. The quantitative estimate of drug-likeness (QED) is 0.157. The van der Waals surface area contributed by atoms with E-state index >= 15 is 0 Å². The topological polar surface area (TPSA) is 102 Å². The Labute approximate surface area is 237 Å². The molecule has 0 bridgehead atoms. The number of ether oxygens (including phenoxy) is 2. The number of aliphatic hydroxyl groups excluding tert-OH is 1. The monoisotopic (exact) mass is 572 g/mol. The van der Waals surface area contributed by atoms with Crippen molar-refractivity contribution in [2.45, 2.75) is 6.04 Å². The van der Waals surface area contributed by atoms with Crippen molar-refractivity contribution in [2.75, 3.05) is 18.6 Å². The molecule has 0 saturated heterocycles. The van der Waals surface area contributed by atoms with Gasteiger partial charge in [-0.25, -0.2) is 4.98 Å². The van der Waals surface area contributed by atoms with Gasteiger partial charge < -0.3 is 19.0 Å². The van der Waals surface area contributed by atoms with Crippen LogP contribution in [-0.4, -0.2) is 35.5 Å². The zero-order valence-corrected chi connectivity index (χ0v) is 22.7. The van der Waals surface area contributed by atoms with Crippen LogP contribution in [0.5, 0.6) is 11.5 Å². The minimum atomic E-state index is -0.986. The van der Waals surface area contributed by atoms with Crippen molar-refractivity contribution in [3.8, 4) is 11.5 Å². The molecule has 2 aromatic heterocycles. The second-order valence-electron chi connectivity index (χ2n) is 8.94. The summed E-state index contributed by atoms with van der Waals surface area (Å²) in [6.45, 7) is 3.97. The average molecular weight is 573 g/mol. The summed E-state index contributed by atoms with van der Waals surface area (Å²) in [4.78, 5) is 33.5. The number of Topliss-reactive ketones (excluding diaryl/α,β-unsaturated/α-hetero) is 1. The first-order valence-electron chi connectivity index (χ1n) is 12.2. The van der Waals surface area contributed by atoms with Crippen LogP contribution in [0.15, 0.2) is 95.1 Å². The molecule has 200 valence electrons. The molecule has 3 heterocycles. The van der Waals surface area contributed by atoms with Gasteiger partial charge in [0.05, 0.1) is 28.9 Å². The maximum absolute atomic E-state index is 14.0. The van der Waals surface area contributed by atoms with Gasteiger partial charge in [-0.15, -0.1) is 0 Å². The van der Waals surface area contributed by atoms with E-state index in [1.807, 2.05) is 0 Å². The summed E-state index contributed by atoms with van der Waals surface area (Å²) in [7, 11) is 1.50. The van der Waals surface area contributed by atoms with Crippen LogP contribution in [0.1, 0.15) is 22.2 Å². The molecule has 1 N–H and O–H groups in total. The number of thiazole rings is 1. The first-order valence-corrected chi connectivity index (χ1v) is 13.4. The number of nitrogens with zero attached hydrogens (tertiary/aromatic N) is 2. The van der Waals surface area contributed by atoms with Gasteiger partial charge in [0.25, 0.3) is 5.91 Å². The third-order valence-corrected chi connectivity index (χ3v) is 7.77. The van der Waals surface area contributed by atoms with Crippen LogP contribution in [0, 0.1) is 0 Å². The summed E-state index contributed by atoms with van der Waals surface area (Å²) in [5.74, 6) is -1.06. The average Bonchev–Trinajstić information content (AvgIpc) is 3.65. The van der Waals surface area contributed by atoms with E-state index < -0.39 is 23.5 Å². The lowest BCUT2D eigenvalue weighted by molar-refractivity contribution is -0.117. The van der Waals surface area contributed by atoms with Crippen LogP contribution >= 0.6 is 22.9 Å². The number of hydrogen-bond donors (Lipinski definition) is 1. The van der Waals surface area contributed by atoms with E-state index in [0.29, 0.717) is 50.3 Å². The zero-order chi connectivity index (χ0) is 28.0. The van der Waals surface area contributed by atoms with E-state index in [2.05, 4.69) is 11.6 Å². The third-order valence-electron chi connectivity index (χ3n) is 6.51. The van der Waals surface area contributed by atoms with E-state index in [4.69, 9.17) is 25.5 Å². The van der Waals surface area contributed by atoms with Gasteiger partial charge in [-0.05, 0) is 48.0 Å². The maximum Gasteiger partial charge on any atom is 0.296 e. The van der Waals surface area contributed by atoms with Crippen molar-refractivity contribution in [3.05, 3.63) is 107 Å². The zero-order valence-electron chi connectivity index (χ0n) is 21.1. The first-order chi connectivity index (χ1) is 19.4. The Bertz CT molecular complexity index is 1840. The highest BCUT2D eigenvalue weighted by Crippen LogP contribution is 2.45. The number of methoxy groups -OCH3 is 1. The van der Waals surface area contributed by atoms with Crippen LogP contribution in [0.2, 0.25) is 5.02 Å². The van der Waals surface area contributed by atoms with Gasteiger partial charge in [-0.1, -0.05) is 59.9 Å². The maximum atomic E-state index is 14.0. The summed E-state index contributed by atoms with van der Waals surface area (Å²) in [5.41, 5.74) is 1.46. The van der Waals surface area contributed by atoms with E-state index in [1.54, 1.807) is 72.8 Å². The molecule has 0 fully saturated rings. The minimum Gasteiger partial charge on any atom is -0.503 e. The predicted molar refractivity (Wildman–Crippen MR) is 154 cm³/mol. The molecule has 0 radical (unpaired) electrons. The van der Waals surface area contributed by atoms with Crippen LogP contribution < -0.4 is 14.4 Å². The van der Waals surface area contributed by atoms with Gasteiger partial charge in [-0.3, -0.25) is 14.5 Å². The lowest BCUT2D eigenvalue weighted by Crippen LogP contribution is -2.30. The number of halogens is 1. The fraction of sp³-hybridized carbons (Fsp3) is 0.100. The minimum absolute atomic E-state index is 0.0391. The molecule has 0 spiro atoms. The number of amides is 1. The summed E-state index contributed by atoms with van der Waals surface area (Å²) in [6, 6.07) is 18.0. The standard InChI is InChI=1S/C30H21ClN2O6S/c1-3-13-38-19-10-7-16(8-11-19)25-24(26(34)22-14-17-5-4-6-21(37-2)28(17)39-22)27(35)29(36)33(25)30-32-20-12-9-18(31)15-23(20)40-30/h3-12,14-15,25,35H,1,13H2,2H3. The number of carbonyl (C=O) groups excluding carboxylic acids is 2. The third kappa shape index (κ3) is 4.29. The van der Waals surface area contributed by atoms with E-state index in [0.717, 1.165) is 4.70 Å². The molecule has 5 aromatic rings. The highest BCUT2D eigenvalue weighted by Gasteiger charge is 2.46. The lowest BCUT2D eigenvalue weighted by Gasteiger charge is -2.24. The molecule has 0 saturated carbocycles. The number of carbonyl (C=O) groups is 2. The number of aromatic nitrogens is 1. The number of furan rings is 1. The molecule has 6 rings (SSSR count). The number of para-hydroxylation sites is 1. The molecule has 1 aliphatic rings.